The lowest BCUT2D eigenvalue weighted by molar-refractivity contribution is -0.152. The number of carbonyl (C=O) groups is 1. The lowest BCUT2D eigenvalue weighted by Crippen LogP contribution is -2.40. The van der Waals surface area contributed by atoms with E-state index in [1.807, 2.05) is 13.8 Å². The van der Waals surface area contributed by atoms with Gasteiger partial charge in [0.05, 0.1) is 5.92 Å². The number of rotatable bonds is 6. The highest BCUT2D eigenvalue weighted by molar-refractivity contribution is 7.89. The summed E-state index contributed by atoms with van der Waals surface area (Å²) in [7, 11) is -3.59. The van der Waals surface area contributed by atoms with Crippen molar-refractivity contribution in [1.29, 1.82) is 0 Å². The van der Waals surface area contributed by atoms with Gasteiger partial charge in [0.1, 0.15) is 4.90 Å². The third kappa shape index (κ3) is 4.51. The summed E-state index contributed by atoms with van der Waals surface area (Å²) in [4.78, 5) is 20.4. The Bertz CT molecular complexity index is 874. The Labute approximate surface area is 157 Å². The van der Waals surface area contributed by atoms with Gasteiger partial charge in [0, 0.05) is 31.4 Å². The van der Waals surface area contributed by atoms with Crippen molar-refractivity contribution >= 4 is 16.0 Å². The fourth-order valence-electron chi connectivity index (χ4n) is 2.79. The molecule has 0 amide bonds. The van der Waals surface area contributed by atoms with Crippen LogP contribution in [0.2, 0.25) is 0 Å². The molecule has 27 heavy (non-hydrogen) atoms. The van der Waals surface area contributed by atoms with Crippen LogP contribution in [0, 0.1) is 5.92 Å². The molecule has 1 saturated heterocycles. The first-order valence-electron chi connectivity index (χ1n) is 8.77. The Kier molecular flexibility index (Phi) is 5.85. The van der Waals surface area contributed by atoms with Crippen LogP contribution in [0.25, 0.3) is 0 Å². The van der Waals surface area contributed by atoms with Gasteiger partial charge in [-0.3, -0.25) is 9.78 Å². The van der Waals surface area contributed by atoms with Gasteiger partial charge in [0.2, 0.25) is 10.0 Å². The summed E-state index contributed by atoms with van der Waals surface area (Å²) in [6.07, 6.45) is 3.65. The van der Waals surface area contributed by atoms with E-state index < -0.39 is 10.0 Å². The molecule has 0 N–H and O–H groups in total. The number of piperidine rings is 1. The Morgan fingerprint density at radius 2 is 2.11 bits per heavy atom. The van der Waals surface area contributed by atoms with Crippen LogP contribution in [0.15, 0.2) is 33.9 Å². The second-order valence-electron chi connectivity index (χ2n) is 6.68. The van der Waals surface area contributed by atoms with Gasteiger partial charge in [-0.2, -0.15) is 9.29 Å². The fraction of sp³-hybridized carbons (Fsp3) is 0.529. The molecular formula is C17H22N4O5S. The molecule has 0 radical (unpaired) electrons. The van der Waals surface area contributed by atoms with Gasteiger partial charge in [-0.25, -0.2) is 8.42 Å². The monoisotopic (exact) mass is 394 g/mol. The molecule has 0 atom stereocenters. The van der Waals surface area contributed by atoms with Gasteiger partial charge in [-0.15, -0.1) is 0 Å². The molecule has 0 aliphatic carbocycles. The molecule has 0 spiro atoms. The van der Waals surface area contributed by atoms with E-state index in [-0.39, 0.29) is 48.3 Å². The highest BCUT2D eigenvalue weighted by Gasteiger charge is 2.33. The second kappa shape index (κ2) is 8.13. The number of hydrogen-bond acceptors (Lipinski definition) is 8. The van der Waals surface area contributed by atoms with Gasteiger partial charge in [0.15, 0.2) is 12.4 Å². The molecule has 9 nitrogen and oxygen atoms in total. The molecule has 0 bridgehead atoms. The van der Waals surface area contributed by atoms with Crippen LogP contribution < -0.4 is 0 Å². The van der Waals surface area contributed by atoms with Crippen LogP contribution in [0.5, 0.6) is 0 Å². The molecule has 10 heteroatoms. The van der Waals surface area contributed by atoms with E-state index in [1.54, 1.807) is 6.07 Å². The van der Waals surface area contributed by atoms with E-state index in [2.05, 4.69) is 15.1 Å². The average Bonchev–Trinajstić information content (AvgIpc) is 3.16. The lowest BCUT2D eigenvalue weighted by Gasteiger charge is -2.29. The second-order valence-corrected chi connectivity index (χ2v) is 8.61. The summed E-state index contributed by atoms with van der Waals surface area (Å²) >= 11 is 0. The van der Waals surface area contributed by atoms with Crippen LogP contribution in [0.4, 0.5) is 0 Å². The van der Waals surface area contributed by atoms with Crippen molar-refractivity contribution in [3.8, 4) is 0 Å². The van der Waals surface area contributed by atoms with Gasteiger partial charge < -0.3 is 9.26 Å². The molecule has 1 aliphatic rings. The van der Waals surface area contributed by atoms with Crippen molar-refractivity contribution in [2.45, 2.75) is 44.1 Å². The van der Waals surface area contributed by atoms with Crippen LogP contribution in [0.3, 0.4) is 0 Å². The number of sulfonamides is 1. The maximum atomic E-state index is 12.6. The highest BCUT2D eigenvalue weighted by Crippen LogP contribution is 2.24. The number of nitrogens with zero attached hydrogens (tertiary/aromatic N) is 4. The number of ether oxygens (including phenoxy) is 1. The summed E-state index contributed by atoms with van der Waals surface area (Å²) in [5.74, 6) is 0.221. The zero-order valence-corrected chi connectivity index (χ0v) is 16.1. The van der Waals surface area contributed by atoms with Crippen molar-refractivity contribution in [2.75, 3.05) is 13.1 Å². The molecule has 1 aliphatic heterocycles. The fourth-order valence-corrected chi connectivity index (χ4v) is 4.23. The van der Waals surface area contributed by atoms with Crippen LogP contribution in [-0.2, 0) is 26.2 Å². The van der Waals surface area contributed by atoms with Crippen molar-refractivity contribution in [2.24, 2.45) is 5.92 Å². The zero-order chi connectivity index (χ0) is 19.4. The largest absolute Gasteiger partial charge is 0.455 e. The highest BCUT2D eigenvalue weighted by atomic mass is 32.2. The zero-order valence-electron chi connectivity index (χ0n) is 15.2. The van der Waals surface area contributed by atoms with Crippen LogP contribution in [0.1, 0.15) is 44.3 Å². The molecule has 1 fully saturated rings. The van der Waals surface area contributed by atoms with E-state index >= 15 is 0 Å². The summed E-state index contributed by atoms with van der Waals surface area (Å²) in [6, 6.07) is 3.09. The minimum atomic E-state index is -3.59. The van der Waals surface area contributed by atoms with Gasteiger partial charge in [-0.05, 0) is 25.0 Å². The summed E-state index contributed by atoms with van der Waals surface area (Å²) in [6.45, 7) is 4.32. The maximum Gasteiger partial charge on any atom is 0.309 e. The van der Waals surface area contributed by atoms with Gasteiger partial charge in [-0.1, -0.05) is 19.0 Å². The molecular weight excluding hydrogens is 372 g/mol. The van der Waals surface area contributed by atoms with Crippen molar-refractivity contribution in [3.63, 3.8) is 0 Å². The predicted molar refractivity (Wildman–Crippen MR) is 93.9 cm³/mol. The third-order valence-electron chi connectivity index (χ3n) is 4.40. The number of esters is 1. The summed E-state index contributed by atoms with van der Waals surface area (Å²) < 4.78 is 36.8. The van der Waals surface area contributed by atoms with Crippen molar-refractivity contribution < 1.29 is 22.5 Å². The predicted octanol–water partition coefficient (Wildman–Crippen LogP) is 1.73. The van der Waals surface area contributed by atoms with E-state index in [1.165, 1.54) is 22.8 Å². The molecule has 146 valence electrons. The van der Waals surface area contributed by atoms with Crippen molar-refractivity contribution in [3.05, 3.63) is 36.2 Å². The summed E-state index contributed by atoms with van der Waals surface area (Å²) in [5.41, 5.74) is 0. The molecule has 2 aromatic heterocycles. The smallest absolute Gasteiger partial charge is 0.309 e. The Morgan fingerprint density at radius 1 is 1.37 bits per heavy atom. The maximum absolute atomic E-state index is 12.6. The molecule has 2 aromatic rings. The number of carbonyl (C=O) groups excluding carboxylic acids is 1. The van der Waals surface area contributed by atoms with E-state index in [0.717, 1.165) is 0 Å². The average molecular weight is 394 g/mol. The number of pyridine rings is 1. The lowest BCUT2D eigenvalue weighted by atomic mass is 9.98. The van der Waals surface area contributed by atoms with E-state index in [4.69, 9.17) is 9.26 Å². The molecule has 0 unspecified atom stereocenters. The first kappa shape index (κ1) is 19.4. The molecule has 3 heterocycles. The Hall–Kier alpha value is -2.33. The van der Waals surface area contributed by atoms with E-state index in [0.29, 0.717) is 18.7 Å². The van der Waals surface area contributed by atoms with Crippen LogP contribution >= 0.6 is 0 Å². The first-order chi connectivity index (χ1) is 12.9. The van der Waals surface area contributed by atoms with Gasteiger partial charge >= 0.3 is 5.97 Å². The topological polar surface area (TPSA) is 115 Å². The summed E-state index contributed by atoms with van der Waals surface area (Å²) in [5, 5.41) is 3.82. The standard InChI is InChI=1S/C17H22N4O5S/c1-12(2)16-19-15(26-20-16)11-25-17(22)13-5-8-21(9-6-13)27(23,24)14-4-3-7-18-10-14/h3-4,7,10,12-13H,5-6,8-9,11H2,1-2H3. The number of aromatic nitrogens is 3. The minimum absolute atomic E-state index is 0.0766. The van der Waals surface area contributed by atoms with Gasteiger partial charge in [0.25, 0.3) is 5.89 Å². The van der Waals surface area contributed by atoms with E-state index in [9.17, 15) is 13.2 Å². The first-order valence-corrected chi connectivity index (χ1v) is 10.2. The quantitative estimate of drug-likeness (QED) is 0.680. The minimum Gasteiger partial charge on any atom is -0.455 e. The number of hydrogen-bond donors (Lipinski definition) is 0. The molecule has 0 saturated carbocycles. The molecule has 3 rings (SSSR count). The SMILES string of the molecule is CC(C)c1noc(COC(=O)C2CCN(S(=O)(=O)c3cccnc3)CC2)n1. The normalized spacial score (nSPS) is 16.6. The Balaban J connectivity index is 1.52. The van der Waals surface area contributed by atoms with Crippen molar-refractivity contribution in [1.82, 2.24) is 19.4 Å². The Morgan fingerprint density at radius 3 is 2.70 bits per heavy atom. The molecule has 0 aromatic carbocycles. The third-order valence-corrected chi connectivity index (χ3v) is 6.28. The van der Waals surface area contributed by atoms with Crippen LogP contribution in [-0.4, -0.2) is 46.9 Å².